The average Bonchev–Trinajstić information content (AvgIpc) is 2.61. The number of hydrogen-bond donors (Lipinski definition) is 1. The van der Waals surface area contributed by atoms with Gasteiger partial charge in [-0.25, -0.2) is 0 Å². The molecular formula is C12H18N2O2. The van der Waals surface area contributed by atoms with E-state index in [1.807, 2.05) is 4.90 Å². The Morgan fingerprint density at radius 1 is 1.38 bits per heavy atom. The summed E-state index contributed by atoms with van der Waals surface area (Å²) in [5.41, 5.74) is 3.80. The van der Waals surface area contributed by atoms with Crippen molar-refractivity contribution in [2.75, 3.05) is 7.11 Å². The van der Waals surface area contributed by atoms with E-state index >= 15 is 0 Å². The molecule has 0 aromatic heterocycles. The van der Waals surface area contributed by atoms with Crippen molar-refractivity contribution in [3.05, 3.63) is 24.4 Å². The molecule has 0 unspecified atom stereocenters. The number of hydroxylamine groups is 1. The van der Waals surface area contributed by atoms with Crippen molar-refractivity contribution in [2.45, 2.75) is 37.8 Å². The first-order chi connectivity index (χ1) is 7.72. The maximum atomic E-state index is 11.6. The highest BCUT2D eigenvalue weighted by Crippen LogP contribution is 2.28. The van der Waals surface area contributed by atoms with Crippen LogP contribution in [0.2, 0.25) is 0 Å². The first-order valence-corrected chi connectivity index (χ1v) is 5.71. The fourth-order valence-corrected chi connectivity index (χ4v) is 2.50. The number of nitrogens with zero attached hydrogens (tertiary/aromatic N) is 1. The van der Waals surface area contributed by atoms with Crippen LogP contribution in [0.15, 0.2) is 24.4 Å². The Kier molecular flexibility index (Phi) is 3.41. The van der Waals surface area contributed by atoms with E-state index in [-0.39, 0.29) is 5.91 Å². The molecule has 0 spiro atoms. The summed E-state index contributed by atoms with van der Waals surface area (Å²) in [6, 6.07) is 0.727. The Hall–Kier alpha value is -1.13. The summed E-state index contributed by atoms with van der Waals surface area (Å²) in [4.78, 5) is 18.4. The van der Waals surface area contributed by atoms with Gasteiger partial charge < -0.3 is 9.74 Å². The Morgan fingerprint density at radius 2 is 2.06 bits per heavy atom. The van der Waals surface area contributed by atoms with Crippen LogP contribution in [0.4, 0.5) is 0 Å². The molecule has 2 rings (SSSR count). The summed E-state index contributed by atoms with van der Waals surface area (Å²) in [6.45, 7) is 3.89. The number of rotatable bonds is 3. The molecular weight excluding hydrogens is 204 g/mol. The van der Waals surface area contributed by atoms with Crippen molar-refractivity contribution in [3.63, 3.8) is 0 Å². The number of amides is 1. The zero-order valence-electron chi connectivity index (χ0n) is 9.61. The third-order valence-electron chi connectivity index (χ3n) is 3.31. The van der Waals surface area contributed by atoms with E-state index in [9.17, 15) is 4.79 Å². The van der Waals surface area contributed by atoms with E-state index in [1.54, 1.807) is 19.3 Å². The van der Waals surface area contributed by atoms with Gasteiger partial charge in [0.2, 0.25) is 0 Å². The minimum atomic E-state index is 0.0770. The van der Waals surface area contributed by atoms with Crippen LogP contribution in [0.1, 0.15) is 25.7 Å². The molecule has 0 atom stereocenters. The monoisotopic (exact) mass is 222 g/mol. The van der Waals surface area contributed by atoms with E-state index in [2.05, 4.69) is 12.1 Å². The Morgan fingerprint density at radius 3 is 2.56 bits per heavy atom. The van der Waals surface area contributed by atoms with Crippen LogP contribution < -0.4 is 5.48 Å². The Bertz CT molecular complexity index is 299. The molecule has 2 aliphatic rings. The molecule has 1 N–H and O–H groups in total. The van der Waals surface area contributed by atoms with Gasteiger partial charge in [-0.2, -0.15) is 5.48 Å². The maximum absolute atomic E-state index is 11.6. The van der Waals surface area contributed by atoms with E-state index in [4.69, 9.17) is 4.84 Å². The maximum Gasteiger partial charge on any atom is 0.251 e. The number of carbonyl (C=O) groups is 1. The number of carbonyl (C=O) groups excluding carboxylic acids is 1. The van der Waals surface area contributed by atoms with Crippen molar-refractivity contribution in [2.24, 2.45) is 0 Å². The van der Waals surface area contributed by atoms with E-state index < -0.39 is 0 Å². The molecule has 1 amide bonds. The first kappa shape index (κ1) is 11.4. The summed E-state index contributed by atoms with van der Waals surface area (Å²) in [7, 11) is 1.64. The second-order valence-corrected chi connectivity index (χ2v) is 4.36. The number of hydrogen-bond acceptors (Lipinski definition) is 3. The molecule has 1 aliphatic heterocycles. The molecule has 4 nitrogen and oxygen atoms in total. The molecule has 16 heavy (non-hydrogen) atoms. The molecule has 1 saturated carbocycles. The Labute approximate surface area is 95.9 Å². The molecule has 1 aliphatic carbocycles. The first-order valence-electron chi connectivity index (χ1n) is 5.71. The van der Waals surface area contributed by atoms with Gasteiger partial charge in [-0.05, 0) is 31.8 Å². The van der Waals surface area contributed by atoms with Gasteiger partial charge in [0.1, 0.15) is 0 Å². The van der Waals surface area contributed by atoms with Gasteiger partial charge in [0.25, 0.3) is 5.91 Å². The topological polar surface area (TPSA) is 41.6 Å². The van der Waals surface area contributed by atoms with Crippen molar-refractivity contribution >= 4 is 5.91 Å². The summed E-state index contributed by atoms with van der Waals surface area (Å²) in [5.74, 6) is 0.0770. The third kappa shape index (κ3) is 2.18. The summed E-state index contributed by atoms with van der Waals surface area (Å²) < 4.78 is 0. The van der Waals surface area contributed by atoms with Gasteiger partial charge in [0, 0.05) is 23.9 Å². The van der Waals surface area contributed by atoms with Crippen molar-refractivity contribution in [1.82, 2.24) is 10.4 Å². The molecule has 0 saturated heterocycles. The van der Waals surface area contributed by atoms with Crippen LogP contribution in [0.5, 0.6) is 0 Å². The number of nitrogens with one attached hydrogen (secondary N) is 1. The highest BCUT2D eigenvalue weighted by atomic mass is 16.6. The lowest BCUT2D eigenvalue weighted by molar-refractivity contribution is -0.125. The van der Waals surface area contributed by atoms with Gasteiger partial charge in [0.05, 0.1) is 7.11 Å². The van der Waals surface area contributed by atoms with E-state index in [1.165, 1.54) is 0 Å². The summed E-state index contributed by atoms with van der Waals surface area (Å²) >= 11 is 0. The van der Waals surface area contributed by atoms with Gasteiger partial charge >= 0.3 is 0 Å². The molecule has 0 aromatic rings. The van der Waals surface area contributed by atoms with Gasteiger partial charge in [-0.15, -0.1) is 0 Å². The third-order valence-corrected chi connectivity index (χ3v) is 3.31. The zero-order valence-corrected chi connectivity index (χ0v) is 9.61. The fourth-order valence-electron chi connectivity index (χ4n) is 2.50. The number of allylic oxidation sites excluding steroid dienone is 1. The van der Waals surface area contributed by atoms with Crippen molar-refractivity contribution < 1.29 is 9.63 Å². The van der Waals surface area contributed by atoms with Crippen LogP contribution in [0, 0.1) is 0 Å². The van der Waals surface area contributed by atoms with Crippen LogP contribution in [-0.2, 0) is 9.63 Å². The highest BCUT2D eigenvalue weighted by molar-refractivity contribution is 5.93. The van der Waals surface area contributed by atoms with E-state index in [0.29, 0.717) is 12.1 Å². The predicted molar refractivity (Wildman–Crippen MR) is 61.3 cm³/mol. The normalized spacial score (nSPS) is 30.2. The smallest absolute Gasteiger partial charge is 0.251 e. The second kappa shape index (κ2) is 4.80. The molecule has 0 aromatic carbocycles. The van der Waals surface area contributed by atoms with Gasteiger partial charge in [0.15, 0.2) is 0 Å². The van der Waals surface area contributed by atoms with Crippen LogP contribution in [0.3, 0.4) is 0 Å². The standard InChI is InChI=1S/C12H18N2O2/c1-9-3-8-12(15)14(9)11-6-4-10(5-7-11)13-16-2/h3,8,10-11,13H,1,4-7H2,2H3. The highest BCUT2D eigenvalue weighted by Gasteiger charge is 2.31. The predicted octanol–water partition coefficient (Wildman–Crippen LogP) is 1.36. The summed E-state index contributed by atoms with van der Waals surface area (Å²) in [6.07, 6.45) is 7.48. The molecule has 4 heteroatoms. The van der Waals surface area contributed by atoms with Crippen molar-refractivity contribution in [3.8, 4) is 0 Å². The average molecular weight is 222 g/mol. The molecule has 88 valence electrons. The lowest BCUT2D eigenvalue weighted by atomic mass is 9.90. The molecule has 0 bridgehead atoms. The zero-order chi connectivity index (χ0) is 11.5. The minimum absolute atomic E-state index is 0.0770. The fraction of sp³-hybridized carbons (Fsp3) is 0.583. The Balaban J connectivity index is 1.89. The largest absolute Gasteiger partial charge is 0.306 e. The lowest BCUT2D eigenvalue weighted by Gasteiger charge is -2.34. The van der Waals surface area contributed by atoms with Gasteiger partial charge in [-0.1, -0.05) is 6.58 Å². The molecule has 0 radical (unpaired) electrons. The van der Waals surface area contributed by atoms with Crippen LogP contribution in [0.25, 0.3) is 0 Å². The minimum Gasteiger partial charge on any atom is -0.306 e. The molecule has 1 fully saturated rings. The SMILES string of the molecule is C=C1C=CC(=O)N1C1CCC(NOC)CC1. The van der Waals surface area contributed by atoms with Crippen LogP contribution in [-0.4, -0.2) is 30.0 Å². The quantitative estimate of drug-likeness (QED) is 0.733. The van der Waals surface area contributed by atoms with E-state index in [0.717, 1.165) is 31.4 Å². The lowest BCUT2D eigenvalue weighted by Crippen LogP contribution is -2.42. The van der Waals surface area contributed by atoms with Crippen molar-refractivity contribution in [1.29, 1.82) is 0 Å². The van der Waals surface area contributed by atoms with Gasteiger partial charge in [-0.3, -0.25) is 4.79 Å². The van der Waals surface area contributed by atoms with Crippen LogP contribution >= 0.6 is 0 Å². The summed E-state index contributed by atoms with van der Waals surface area (Å²) in [5, 5.41) is 0. The second-order valence-electron chi connectivity index (χ2n) is 4.36. The molecule has 1 heterocycles.